The predicted molar refractivity (Wildman–Crippen MR) is 110 cm³/mol. The third-order valence-corrected chi connectivity index (χ3v) is 6.59. The molecule has 28 heavy (non-hydrogen) atoms. The SMILES string of the molecule is CCN(CC)c1nc2ccccc2nc1C(C#N)S(=O)(=O)c1ccc(Cl)cc1. The van der Waals surface area contributed by atoms with E-state index in [1.54, 1.807) is 12.1 Å². The molecule has 1 atom stereocenters. The van der Waals surface area contributed by atoms with Crippen molar-refractivity contribution in [3.8, 4) is 6.07 Å². The number of rotatable bonds is 6. The molecule has 1 aromatic heterocycles. The van der Waals surface area contributed by atoms with Gasteiger partial charge in [0.25, 0.3) is 0 Å². The molecule has 2 aromatic carbocycles. The van der Waals surface area contributed by atoms with Gasteiger partial charge in [0.2, 0.25) is 9.84 Å². The second-order valence-corrected chi connectivity index (χ2v) is 8.57. The topological polar surface area (TPSA) is 86.9 Å². The van der Waals surface area contributed by atoms with Gasteiger partial charge in [0, 0.05) is 18.1 Å². The fourth-order valence-corrected chi connectivity index (χ4v) is 4.48. The number of sulfone groups is 1. The molecule has 0 radical (unpaired) electrons. The predicted octanol–water partition coefficient (Wildman–Crippen LogP) is 4.17. The summed E-state index contributed by atoms with van der Waals surface area (Å²) in [4.78, 5) is 11.1. The minimum Gasteiger partial charge on any atom is -0.356 e. The first-order valence-corrected chi connectivity index (χ1v) is 10.8. The molecule has 1 heterocycles. The summed E-state index contributed by atoms with van der Waals surface area (Å²) in [5, 5.41) is 8.75. The largest absolute Gasteiger partial charge is 0.356 e. The first-order valence-electron chi connectivity index (χ1n) is 8.83. The number of nitrogens with zero attached hydrogens (tertiary/aromatic N) is 4. The molecule has 0 saturated heterocycles. The zero-order valence-electron chi connectivity index (χ0n) is 15.5. The monoisotopic (exact) mass is 414 g/mol. The lowest BCUT2D eigenvalue weighted by molar-refractivity contribution is 0.590. The van der Waals surface area contributed by atoms with Crippen LogP contribution in [0.4, 0.5) is 5.82 Å². The Morgan fingerprint density at radius 3 is 2.14 bits per heavy atom. The first kappa shape index (κ1) is 20.1. The average Bonchev–Trinajstić information content (AvgIpc) is 2.69. The van der Waals surface area contributed by atoms with Gasteiger partial charge in [0.05, 0.1) is 22.0 Å². The number of nitriles is 1. The van der Waals surface area contributed by atoms with E-state index in [2.05, 4.69) is 9.97 Å². The van der Waals surface area contributed by atoms with E-state index in [1.165, 1.54) is 24.3 Å². The molecule has 0 spiro atoms. The number of hydrogen-bond acceptors (Lipinski definition) is 6. The number of para-hydroxylation sites is 2. The Kier molecular flexibility index (Phi) is 5.82. The highest BCUT2D eigenvalue weighted by molar-refractivity contribution is 7.92. The van der Waals surface area contributed by atoms with E-state index in [4.69, 9.17) is 11.6 Å². The molecule has 0 fully saturated rings. The van der Waals surface area contributed by atoms with Crippen LogP contribution < -0.4 is 4.90 Å². The lowest BCUT2D eigenvalue weighted by atomic mass is 10.2. The van der Waals surface area contributed by atoms with Crippen molar-refractivity contribution in [2.75, 3.05) is 18.0 Å². The maximum Gasteiger partial charge on any atom is 0.200 e. The third-order valence-electron chi connectivity index (χ3n) is 4.46. The van der Waals surface area contributed by atoms with Crippen molar-refractivity contribution in [3.63, 3.8) is 0 Å². The highest BCUT2D eigenvalue weighted by Gasteiger charge is 2.34. The van der Waals surface area contributed by atoms with Crippen LogP contribution in [-0.2, 0) is 9.84 Å². The van der Waals surface area contributed by atoms with Crippen LogP contribution in [0.25, 0.3) is 11.0 Å². The molecule has 0 bridgehead atoms. The molecule has 0 aliphatic rings. The van der Waals surface area contributed by atoms with Crippen LogP contribution in [0, 0.1) is 11.3 Å². The van der Waals surface area contributed by atoms with Gasteiger partial charge in [-0.2, -0.15) is 5.26 Å². The van der Waals surface area contributed by atoms with Gasteiger partial charge in [-0.15, -0.1) is 0 Å². The van der Waals surface area contributed by atoms with Crippen LogP contribution in [0.15, 0.2) is 53.4 Å². The standard InChI is InChI=1S/C20H19ClN4O2S/c1-3-25(4-2)20-19(23-16-7-5-6-8-17(16)24-20)18(13-22)28(26,27)15-11-9-14(21)10-12-15/h5-12,18H,3-4H2,1-2H3. The molecule has 6 nitrogen and oxygen atoms in total. The zero-order valence-corrected chi connectivity index (χ0v) is 17.1. The Morgan fingerprint density at radius 1 is 1.04 bits per heavy atom. The van der Waals surface area contributed by atoms with Crippen molar-refractivity contribution in [2.45, 2.75) is 24.0 Å². The molecule has 0 aliphatic carbocycles. The van der Waals surface area contributed by atoms with Crippen LogP contribution in [0.2, 0.25) is 5.02 Å². The number of hydrogen-bond donors (Lipinski definition) is 0. The van der Waals surface area contributed by atoms with Crippen LogP contribution in [0.1, 0.15) is 24.8 Å². The quantitative estimate of drug-likeness (QED) is 0.601. The molecular weight excluding hydrogens is 396 g/mol. The highest BCUT2D eigenvalue weighted by Crippen LogP contribution is 2.34. The number of aromatic nitrogens is 2. The van der Waals surface area contributed by atoms with E-state index in [0.717, 1.165) is 0 Å². The van der Waals surface area contributed by atoms with Gasteiger partial charge >= 0.3 is 0 Å². The minimum atomic E-state index is -4.01. The summed E-state index contributed by atoms with van der Waals surface area (Å²) < 4.78 is 26.4. The summed E-state index contributed by atoms with van der Waals surface area (Å²) >= 11 is 5.87. The molecule has 144 valence electrons. The van der Waals surface area contributed by atoms with E-state index in [1.807, 2.05) is 36.9 Å². The van der Waals surface area contributed by atoms with Crippen molar-refractivity contribution in [1.29, 1.82) is 5.26 Å². The Labute approximate surface area is 169 Å². The Bertz CT molecular complexity index is 1140. The Morgan fingerprint density at radius 2 is 1.61 bits per heavy atom. The van der Waals surface area contributed by atoms with Crippen molar-refractivity contribution in [3.05, 3.63) is 59.2 Å². The summed E-state index contributed by atoms with van der Waals surface area (Å²) in [6, 6.07) is 14.9. The van der Waals surface area contributed by atoms with Gasteiger partial charge in [-0.3, -0.25) is 0 Å². The zero-order chi connectivity index (χ0) is 20.3. The third kappa shape index (κ3) is 3.66. The summed E-state index contributed by atoms with van der Waals surface area (Å²) in [6.07, 6.45) is 0. The van der Waals surface area contributed by atoms with Gasteiger partial charge in [-0.25, -0.2) is 18.4 Å². The molecule has 0 amide bonds. The fraction of sp³-hybridized carbons (Fsp3) is 0.250. The van der Waals surface area contributed by atoms with E-state index >= 15 is 0 Å². The first-order chi connectivity index (χ1) is 13.4. The molecule has 0 aliphatic heterocycles. The van der Waals surface area contributed by atoms with E-state index < -0.39 is 15.1 Å². The molecule has 3 aromatic rings. The average molecular weight is 415 g/mol. The summed E-state index contributed by atoms with van der Waals surface area (Å²) in [6.45, 7) is 5.10. The Balaban J connectivity index is 2.25. The molecular formula is C20H19ClN4O2S. The number of fused-ring (bicyclic) bond motifs is 1. The number of anilines is 1. The molecule has 0 saturated carbocycles. The van der Waals surface area contributed by atoms with Gasteiger partial charge in [-0.1, -0.05) is 23.7 Å². The van der Waals surface area contributed by atoms with Crippen LogP contribution in [0.3, 0.4) is 0 Å². The van der Waals surface area contributed by atoms with E-state index in [0.29, 0.717) is 35.0 Å². The van der Waals surface area contributed by atoms with E-state index in [9.17, 15) is 13.7 Å². The fourth-order valence-electron chi connectivity index (χ4n) is 2.97. The van der Waals surface area contributed by atoms with E-state index in [-0.39, 0.29) is 10.6 Å². The maximum atomic E-state index is 13.2. The van der Waals surface area contributed by atoms with Gasteiger partial charge in [0.15, 0.2) is 11.1 Å². The van der Waals surface area contributed by atoms with Crippen LogP contribution in [-0.4, -0.2) is 31.5 Å². The van der Waals surface area contributed by atoms with Gasteiger partial charge < -0.3 is 4.90 Å². The van der Waals surface area contributed by atoms with Crippen LogP contribution >= 0.6 is 11.6 Å². The molecule has 1 unspecified atom stereocenters. The normalized spacial score (nSPS) is 12.5. The minimum absolute atomic E-state index is 0.0175. The van der Waals surface area contributed by atoms with Crippen molar-refractivity contribution < 1.29 is 8.42 Å². The molecule has 3 rings (SSSR count). The highest BCUT2D eigenvalue weighted by atomic mass is 35.5. The number of halogens is 1. The summed E-state index contributed by atoms with van der Waals surface area (Å²) in [5.74, 6) is 0.410. The van der Waals surface area contributed by atoms with Crippen molar-refractivity contribution in [1.82, 2.24) is 9.97 Å². The summed E-state index contributed by atoms with van der Waals surface area (Å²) in [5.41, 5.74) is 1.33. The molecule has 8 heteroatoms. The molecule has 0 N–H and O–H groups in total. The van der Waals surface area contributed by atoms with Crippen LogP contribution in [0.5, 0.6) is 0 Å². The maximum absolute atomic E-state index is 13.2. The Hall–Kier alpha value is -2.69. The number of benzene rings is 2. The van der Waals surface area contributed by atoms with Gasteiger partial charge in [-0.05, 0) is 50.2 Å². The van der Waals surface area contributed by atoms with Crippen molar-refractivity contribution >= 4 is 38.3 Å². The second-order valence-electron chi connectivity index (χ2n) is 6.10. The smallest absolute Gasteiger partial charge is 0.200 e. The summed E-state index contributed by atoms with van der Waals surface area (Å²) in [7, 11) is -4.01. The lowest BCUT2D eigenvalue weighted by Crippen LogP contribution is -2.27. The van der Waals surface area contributed by atoms with Gasteiger partial charge in [0.1, 0.15) is 5.69 Å². The lowest BCUT2D eigenvalue weighted by Gasteiger charge is -2.24. The van der Waals surface area contributed by atoms with Crippen molar-refractivity contribution in [2.24, 2.45) is 0 Å². The second kappa shape index (κ2) is 8.13.